The molecule has 0 fully saturated rings. The van der Waals surface area contributed by atoms with Crippen LogP contribution >= 0.6 is 15.9 Å². The zero-order chi connectivity index (χ0) is 13.2. The lowest BCUT2D eigenvalue weighted by Gasteiger charge is -2.02. The maximum absolute atomic E-state index is 4.57. The van der Waals surface area contributed by atoms with Gasteiger partial charge in [-0.25, -0.2) is 4.98 Å². The standard InChI is InChI=1S/C15H14BrN3/c1-11-3-2-4-12(9-11)5-6-14-18-15(16)13-10-17-7-8-19(13)14/h2-4,7-10H,5-6H2,1H3. The first-order valence-electron chi connectivity index (χ1n) is 6.26. The fourth-order valence-corrected chi connectivity index (χ4v) is 2.76. The molecule has 0 bridgehead atoms. The molecular formula is C15H14BrN3. The quantitative estimate of drug-likeness (QED) is 0.739. The molecule has 3 aromatic rings. The fourth-order valence-electron chi connectivity index (χ4n) is 2.26. The third-order valence-corrected chi connectivity index (χ3v) is 3.78. The fraction of sp³-hybridized carbons (Fsp3) is 0.200. The van der Waals surface area contributed by atoms with Crippen molar-refractivity contribution in [1.82, 2.24) is 14.4 Å². The third-order valence-electron chi connectivity index (χ3n) is 3.19. The van der Waals surface area contributed by atoms with Gasteiger partial charge in [0.1, 0.15) is 10.4 Å². The molecule has 0 saturated carbocycles. The normalized spacial score (nSPS) is 11.1. The number of nitrogens with zero attached hydrogens (tertiary/aromatic N) is 3. The van der Waals surface area contributed by atoms with Gasteiger partial charge < -0.3 is 0 Å². The lowest BCUT2D eigenvalue weighted by atomic mass is 10.1. The number of imidazole rings is 1. The van der Waals surface area contributed by atoms with Crippen LogP contribution in [0.2, 0.25) is 0 Å². The van der Waals surface area contributed by atoms with Crippen molar-refractivity contribution in [2.24, 2.45) is 0 Å². The molecule has 0 saturated heterocycles. The topological polar surface area (TPSA) is 30.2 Å². The van der Waals surface area contributed by atoms with E-state index in [1.807, 2.05) is 12.4 Å². The molecule has 4 heteroatoms. The molecule has 2 aromatic heterocycles. The van der Waals surface area contributed by atoms with Crippen LogP contribution in [-0.2, 0) is 12.8 Å². The summed E-state index contributed by atoms with van der Waals surface area (Å²) in [4.78, 5) is 8.69. The first-order valence-corrected chi connectivity index (χ1v) is 7.05. The molecule has 19 heavy (non-hydrogen) atoms. The molecule has 0 radical (unpaired) electrons. The Kier molecular flexibility index (Phi) is 3.34. The van der Waals surface area contributed by atoms with E-state index in [1.165, 1.54) is 11.1 Å². The first-order chi connectivity index (χ1) is 9.24. The zero-order valence-electron chi connectivity index (χ0n) is 10.7. The van der Waals surface area contributed by atoms with Gasteiger partial charge in [0.05, 0.1) is 11.7 Å². The highest BCUT2D eigenvalue weighted by Gasteiger charge is 2.08. The Bertz CT molecular complexity index is 718. The average Bonchev–Trinajstić information content (AvgIpc) is 2.74. The number of fused-ring (bicyclic) bond motifs is 1. The largest absolute Gasteiger partial charge is 0.300 e. The van der Waals surface area contributed by atoms with Crippen LogP contribution in [0.3, 0.4) is 0 Å². The van der Waals surface area contributed by atoms with Crippen molar-refractivity contribution in [1.29, 1.82) is 0 Å². The van der Waals surface area contributed by atoms with Gasteiger partial charge >= 0.3 is 0 Å². The van der Waals surface area contributed by atoms with Crippen LogP contribution in [0.4, 0.5) is 0 Å². The summed E-state index contributed by atoms with van der Waals surface area (Å²) >= 11 is 3.48. The monoisotopic (exact) mass is 315 g/mol. The Morgan fingerprint density at radius 3 is 3.00 bits per heavy atom. The van der Waals surface area contributed by atoms with Crippen molar-refractivity contribution in [3.63, 3.8) is 0 Å². The van der Waals surface area contributed by atoms with Gasteiger partial charge in [-0.2, -0.15) is 0 Å². The van der Waals surface area contributed by atoms with Crippen LogP contribution in [0.1, 0.15) is 17.0 Å². The highest BCUT2D eigenvalue weighted by atomic mass is 79.9. The van der Waals surface area contributed by atoms with Crippen LogP contribution in [-0.4, -0.2) is 14.4 Å². The molecule has 0 atom stereocenters. The molecule has 0 aliphatic heterocycles. The number of aromatic nitrogens is 3. The number of hydrogen-bond donors (Lipinski definition) is 0. The molecule has 0 unspecified atom stereocenters. The summed E-state index contributed by atoms with van der Waals surface area (Å²) in [5, 5.41) is 0. The second-order valence-electron chi connectivity index (χ2n) is 4.64. The van der Waals surface area contributed by atoms with Crippen molar-refractivity contribution in [3.05, 3.63) is 64.4 Å². The summed E-state index contributed by atoms with van der Waals surface area (Å²) in [6.07, 6.45) is 7.49. The molecule has 3 nitrogen and oxygen atoms in total. The molecule has 1 aromatic carbocycles. The van der Waals surface area contributed by atoms with E-state index in [2.05, 4.69) is 61.5 Å². The summed E-state index contributed by atoms with van der Waals surface area (Å²) in [5.74, 6) is 1.06. The Morgan fingerprint density at radius 1 is 1.26 bits per heavy atom. The lowest BCUT2D eigenvalue weighted by molar-refractivity contribution is 0.849. The minimum atomic E-state index is 0.861. The van der Waals surface area contributed by atoms with E-state index in [0.717, 1.165) is 28.8 Å². The van der Waals surface area contributed by atoms with Gasteiger partial charge in [0, 0.05) is 18.8 Å². The minimum absolute atomic E-state index is 0.861. The summed E-state index contributed by atoms with van der Waals surface area (Å²) in [5.41, 5.74) is 3.67. The van der Waals surface area contributed by atoms with Crippen LogP contribution < -0.4 is 0 Å². The number of aryl methyl sites for hydroxylation is 3. The van der Waals surface area contributed by atoms with Crippen LogP contribution in [0.5, 0.6) is 0 Å². The Morgan fingerprint density at radius 2 is 2.16 bits per heavy atom. The predicted molar refractivity (Wildman–Crippen MR) is 79.3 cm³/mol. The van der Waals surface area contributed by atoms with E-state index in [1.54, 1.807) is 6.20 Å². The maximum atomic E-state index is 4.57. The molecule has 0 amide bonds. The molecule has 2 heterocycles. The summed E-state index contributed by atoms with van der Waals surface area (Å²) in [6.45, 7) is 2.12. The summed E-state index contributed by atoms with van der Waals surface area (Å²) in [7, 11) is 0. The highest BCUT2D eigenvalue weighted by Crippen LogP contribution is 2.19. The SMILES string of the molecule is Cc1cccc(CCc2nc(Br)c3cnccn23)c1. The number of halogens is 1. The first kappa shape index (κ1) is 12.4. The van der Waals surface area contributed by atoms with E-state index >= 15 is 0 Å². The van der Waals surface area contributed by atoms with E-state index in [9.17, 15) is 0 Å². The predicted octanol–water partition coefficient (Wildman–Crippen LogP) is 3.59. The second-order valence-corrected chi connectivity index (χ2v) is 5.39. The number of benzene rings is 1. The second kappa shape index (κ2) is 5.13. The van der Waals surface area contributed by atoms with Crippen molar-refractivity contribution < 1.29 is 0 Å². The Hall–Kier alpha value is -1.68. The third kappa shape index (κ3) is 2.54. The zero-order valence-corrected chi connectivity index (χ0v) is 12.3. The number of rotatable bonds is 3. The van der Waals surface area contributed by atoms with Gasteiger partial charge in [-0.1, -0.05) is 29.8 Å². The summed E-state index contributed by atoms with van der Waals surface area (Å²) < 4.78 is 2.95. The average molecular weight is 316 g/mol. The van der Waals surface area contributed by atoms with Gasteiger partial charge in [0.2, 0.25) is 0 Å². The molecule has 96 valence electrons. The van der Waals surface area contributed by atoms with E-state index in [0.29, 0.717) is 0 Å². The summed E-state index contributed by atoms with van der Waals surface area (Å²) in [6, 6.07) is 8.62. The van der Waals surface area contributed by atoms with Crippen molar-refractivity contribution in [2.45, 2.75) is 19.8 Å². The molecule has 0 aliphatic rings. The van der Waals surface area contributed by atoms with Crippen LogP contribution in [0, 0.1) is 6.92 Å². The molecule has 0 aliphatic carbocycles. The Labute approximate surface area is 120 Å². The van der Waals surface area contributed by atoms with Crippen LogP contribution in [0.25, 0.3) is 5.52 Å². The van der Waals surface area contributed by atoms with Gasteiger partial charge in [-0.15, -0.1) is 0 Å². The van der Waals surface area contributed by atoms with Gasteiger partial charge in [-0.3, -0.25) is 9.38 Å². The maximum Gasteiger partial charge on any atom is 0.133 e. The van der Waals surface area contributed by atoms with Crippen molar-refractivity contribution in [2.75, 3.05) is 0 Å². The van der Waals surface area contributed by atoms with Gasteiger partial charge in [0.15, 0.2) is 0 Å². The smallest absolute Gasteiger partial charge is 0.133 e. The van der Waals surface area contributed by atoms with Gasteiger partial charge in [0.25, 0.3) is 0 Å². The molecule has 0 spiro atoms. The van der Waals surface area contributed by atoms with Crippen molar-refractivity contribution >= 4 is 21.4 Å². The van der Waals surface area contributed by atoms with Gasteiger partial charge in [-0.05, 0) is 34.8 Å². The van der Waals surface area contributed by atoms with Crippen LogP contribution in [0.15, 0.2) is 47.5 Å². The Balaban J connectivity index is 1.86. The van der Waals surface area contributed by atoms with Crippen molar-refractivity contribution in [3.8, 4) is 0 Å². The molecule has 3 rings (SSSR count). The lowest BCUT2D eigenvalue weighted by Crippen LogP contribution is -1.98. The van der Waals surface area contributed by atoms with E-state index < -0.39 is 0 Å². The van der Waals surface area contributed by atoms with E-state index in [-0.39, 0.29) is 0 Å². The number of hydrogen-bond acceptors (Lipinski definition) is 2. The molecule has 0 N–H and O–H groups in total. The molecular weight excluding hydrogens is 302 g/mol. The highest BCUT2D eigenvalue weighted by molar-refractivity contribution is 9.10. The minimum Gasteiger partial charge on any atom is -0.300 e. The van der Waals surface area contributed by atoms with E-state index in [4.69, 9.17) is 0 Å².